The van der Waals surface area contributed by atoms with E-state index >= 15 is 0 Å². The maximum absolute atomic E-state index is 12.3. The van der Waals surface area contributed by atoms with Gasteiger partial charge in [-0.1, -0.05) is 12.1 Å². The Labute approximate surface area is 136 Å². The predicted molar refractivity (Wildman–Crippen MR) is 87.4 cm³/mol. The molecular formula is C17H23N3O3. The molecule has 6 nitrogen and oxygen atoms in total. The average Bonchev–Trinajstić information content (AvgIpc) is 2.83. The Balaban J connectivity index is 1.57. The van der Waals surface area contributed by atoms with Crippen LogP contribution in [0.2, 0.25) is 0 Å². The van der Waals surface area contributed by atoms with E-state index in [-0.39, 0.29) is 18.1 Å². The molecule has 1 amide bonds. The highest BCUT2D eigenvalue weighted by atomic mass is 16.5. The molecule has 2 atom stereocenters. The van der Waals surface area contributed by atoms with Gasteiger partial charge < -0.3 is 14.4 Å². The summed E-state index contributed by atoms with van der Waals surface area (Å²) >= 11 is 0. The minimum atomic E-state index is 0.0864. The van der Waals surface area contributed by atoms with Gasteiger partial charge in [-0.3, -0.25) is 9.48 Å². The maximum Gasteiger partial charge on any atom is 0.240 e. The number of benzene rings is 1. The van der Waals surface area contributed by atoms with E-state index in [1.165, 1.54) is 0 Å². The number of aryl methyl sites for hydroxylation is 1. The summed E-state index contributed by atoms with van der Waals surface area (Å²) in [5.74, 6) is 0.687. The molecule has 2 unspecified atom stereocenters. The quantitative estimate of drug-likeness (QED) is 0.865. The fourth-order valence-corrected chi connectivity index (χ4v) is 3.06. The summed E-state index contributed by atoms with van der Waals surface area (Å²) in [6.07, 6.45) is 0.524. The molecule has 0 radical (unpaired) electrons. The van der Waals surface area contributed by atoms with Crippen LogP contribution in [-0.2, 0) is 16.6 Å². The number of hydrogen-bond acceptors (Lipinski definition) is 4. The van der Waals surface area contributed by atoms with E-state index < -0.39 is 0 Å². The Hall–Kier alpha value is -2.08. The summed E-state index contributed by atoms with van der Waals surface area (Å²) in [7, 11) is 1.89. The zero-order valence-corrected chi connectivity index (χ0v) is 13.9. The largest absolute Gasteiger partial charge is 0.476 e. The molecule has 2 aromatic rings. The molecule has 0 N–H and O–H groups in total. The highest BCUT2D eigenvalue weighted by Gasteiger charge is 2.25. The number of nitrogens with zero attached hydrogens (tertiary/aromatic N) is 3. The van der Waals surface area contributed by atoms with Crippen molar-refractivity contribution in [3.63, 3.8) is 0 Å². The molecule has 0 spiro atoms. The van der Waals surface area contributed by atoms with E-state index in [1.54, 1.807) is 4.68 Å². The number of carbonyl (C=O) groups excluding carboxylic acids is 1. The Kier molecular flexibility index (Phi) is 4.52. The lowest BCUT2D eigenvalue weighted by Gasteiger charge is -2.35. The first-order valence-electron chi connectivity index (χ1n) is 8.02. The van der Waals surface area contributed by atoms with Crippen LogP contribution >= 0.6 is 0 Å². The molecule has 6 heteroatoms. The Bertz CT molecular complexity index is 687. The highest BCUT2D eigenvalue weighted by molar-refractivity contribution is 5.84. The fourth-order valence-electron chi connectivity index (χ4n) is 3.06. The Morgan fingerprint density at radius 1 is 1.30 bits per heavy atom. The predicted octanol–water partition coefficient (Wildman–Crippen LogP) is 1.98. The number of carbonyl (C=O) groups is 1. The maximum atomic E-state index is 12.3. The van der Waals surface area contributed by atoms with Gasteiger partial charge in [0.15, 0.2) is 0 Å². The molecule has 1 aliphatic rings. The first kappa shape index (κ1) is 15.8. The third kappa shape index (κ3) is 3.47. The molecular weight excluding hydrogens is 294 g/mol. The first-order valence-corrected chi connectivity index (χ1v) is 8.02. The van der Waals surface area contributed by atoms with Crippen molar-refractivity contribution in [1.82, 2.24) is 14.7 Å². The molecule has 124 valence electrons. The minimum absolute atomic E-state index is 0.0864. The molecule has 1 aliphatic heterocycles. The van der Waals surface area contributed by atoms with Crippen molar-refractivity contribution in [2.45, 2.75) is 32.5 Å². The van der Waals surface area contributed by atoms with Gasteiger partial charge in [0.25, 0.3) is 0 Å². The number of fused-ring (bicyclic) bond motifs is 1. The number of rotatable bonds is 4. The van der Waals surface area contributed by atoms with Crippen molar-refractivity contribution in [2.24, 2.45) is 7.05 Å². The summed E-state index contributed by atoms with van der Waals surface area (Å²) in [6.45, 7) is 5.62. The van der Waals surface area contributed by atoms with E-state index in [9.17, 15) is 4.79 Å². The smallest absolute Gasteiger partial charge is 0.240 e. The van der Waals surface area contributed by atoms with Gasteiger partial charge in [-0.15, -0.1) is 5.10 Å². The summed E-state index contributed by atoms with van der Waals surface area (Å²) < 4.78 is 13.2. The monoisotopic (exact) mass is 317 g/mol. The lowest BCUT2D eigenvalue weighted by Crippen LogP contribution is -2.48. The molecule has 0 bridgehead atoms. The second-order valence-electron chi connectivity index (χ2n) is 6.10. The molecule has 0 aliphatic carbocycles. The zero-order chi connectivity index (χ0) is 16.4. The Morgan fingerprint density at radius 2 is 2.00 bits per heavy atom. The molecule has 2 heterocycles. The van der Waals surface area contributed by atoms with E-state index in [1.807, 2.05) is 50.1 Å². The van der Waals surface area contributed by atoms with Crippen molar-refractivity contribution in [1.29, 1.82) is 0 Å². The summed E-state index contributed by atoms with van der Waals surface area (Å²) in [6, 6.07) is 7.90. The SMILES string of the molecule is CC1CN(C(=O)CCOc2nn(C)c3ccccc23)CC(C)O1. The highest BCUT2D eigenvalue weighted by Crippen LogP contribution is 2.24. The molecule has 1 aromatic heterocycles. The molecule has 1 fully saturated rings. The van der Waals surface area contributed by atoms with Crippen LogP contribution in [0.3, 0.4) is 0 Å². The van der Waals surface area contributed by atoms with Crippen molar-refractivity contribution in [3.05, 3.63) is 24.3 Å². The van der Waals surface area contributed by atoms with E-state index in [4.69, 9.17) is 9.47 Å². The summed E-state index contributed by atoms with van der Waals surface area (Å²) in [5, 5.41) is 5.34. The van der Waals surface area contributed by atoms with Gasteiger partial charge in [0.05, 0.1) is 36.1 Å². The van der Waals surface area contributed by atoms with E-state index in [0.29, 0.717) is 32.0 Å². The number of aromatic nitrogens is 2. The standard InChI is InChI=1S/C17H23N3O3/c1-12-10-20(11-13(2)23-12)16(21)8-9-22-17-14-6-4-5-7-15(14)19(3)18-17/h4-7,12-13H,8-11H2,1-3H3. The van der Waals surface area contributed by atoms with Crippen LogP contribution in [0, 0.1) is 0 Å². The van der Waals surface area contributed by atoms with Crippen molar-refractivity contribution < 1.29 is 14.3 Å². The number of morpholine rings is 1. The topological polar surface area (TPSA) is 56.6 Å². The fraction of sp³-hybridized carbons (Fsp3) is 0.529. The normalized spacial score (nSPS) is 21.6. The zero-order valence-electron chi connectivity index (χ0n) is 13.9. The lowest BCUT2D eigenvalue weighted by atomic mass is 10.2. The van der Waals surface area contributed by atoms with Crippen molar-refractivity contribution >= 4 is 16.8 Å². The molecule has 1 saturated heterocycles. The van der Waals surface area contributed by atoms with Crippen molar-refractivity contribution in [3.8, 4) is 5.88 Å². The average molecular weight is 317 g/mol. The number of ether oxygens (including phenoxy) is 2. The second kappa shape index (κ2) is 6.58. The number of amides is 1. The third-order valence-electron chi connectivity index (χ3n) is 4.05. The molecule has 1 aromatic carbocycles. The van der Waals surface area contributed by atoms with Crippen LogP contribution < -0.4 is 4.74 Å². The van der Waals surface area contributed by atoms with Gasteiger partial charge in [0, 0.05) is 20.1 Å². The minimum Gasteiger partial charge on any atom is -0.476 e. The third-order valence-corrected chi connectivity index (χ3v) is 4.05. The van der Waals surface area contributed by atoms with Gasteiger partial charge in [-0.25, -0.2) is 0 Å². The van der Waals surface area contributed by atoms with Gasteiger partial charge in [0.2, 0.25) is 11.8 Å². The van der Waals surface area contributed by atoms with Gasteiger partial charge in [-0.05, 0) is 26.0 Å². The number of hydrogen-bond donors (Lipinski definition) is 0. The molecule has 3 rings (SSSR count). The number of para-hydroxylation sites is 1. The van der Waals surface area contributed by atoms with Gasteiger partial charge >= 0.3 is 0 Å². The molecule has 23 heavy (non-hydrogen) atoms. The second-order valence-corrected chi connectivity index (χ2v) is 6.10. The van der Waals surface area contributed by atoms with Crippen molar-refractivity contribution in [2.75, 3.05) is 19.7 Å². The first-order chi connectivity index (χ1) is 11.0. The lowest BCUT2D eigenvalue weighted by molar-refractivity contribution is -0.143. The van der Waals surface area contributed by atoms with Crippen LogP contribution in [0.25, 0.3) is 10.9 Å². The summed E-state index contributed by atoms with van der Waals surface area (Å²) in [5.41, 5.74) is 1.02. The van der Waals surface area contributed by atoms with Crippen LogP contribution in [0.5, 0.6) is 5.88 Å². The van der Waals surface area contributed by atoms with Crippen LogP contribution in [0.4, 0.5) is 0 Å². The van der Waals surface area contributed by atoms with Crippen LogP contribution in [0.15, 0.2) is 24.3 Å². The van der Waals surface area contributed by atoms with Gasteiger partial charge in [-0.2, -0.15) is 0 Å². The van der Waals surface area contributed by atoms with Crippen LogP contribution in [-0.4, -0.2) is 52.5 Å². The van der Waals surface area contributed by atoms with E-state index in [0.717, 1.165) is 10.9 Å². The van der Waals surface area contributed by atoms with Gasteiger partial charge in [0.1, 0.15) is 0 Å². The molecule has 0 saturated carbocycles. The van der Waals surface area contributed by atoms with Crippen LogP contribution in [0.1, 0.15) is 20.3 Å². The van der Waals surface area contributed by atoms with E-state index in [2.05, 4.69) is 5.10 Å². The summed E-state index contributed by atoms with van der Waals surface area (Å²) in [4.78, 5) is 14.2. The Morgan fingerprint density at radius 3 is 2.74 bits per heavy atom.